The highest BCUT2D eigenvalue weighted by Gasteiger charge is 2.10. The Bertz CT molecular complexity index is 749. The molecule has 108 valence electrons. The molecule has 0 aliphatic rings. The first-order chi connectivity index (χ1) is 10.3. The van der Waals surface area contributed by atoms with E-state index in [4.69, 9.17) is 0 Å². The highest BCUT2D eigenvalue weighted by Crippen LogP contribution is 2.23. The van der Waals surface area contributed by atoms with Crippen LogP contribution in [0.15, 0.2) is 36.1 Å². The van der Waals surface area contributed by atoms with Gasteiger partial charge in [0, 0.05) is 41.6 Å². The van der Waals surface area contributed by atoms with E-state index in [2.05, 4.69) is 24.5 Å². The molecule has 3 rings (SSSR count). The van der Waals surface area contributed by atoms with Gasteiger partial charge in [0.15, 0.2) is 4.96 Å². The van der Waals surface area contributed by atoms with Crippen LogP contribution in [-0.2, 0) is 16.0 Å². The molecule has 0 N–H and O–H groups in total. The van der Waals surface area contributed by atoms with Crippen molar-refractivity contribution in [3.05, 3.63) is 41.8 Å². The van der Waals surface area contributed by atoms with E-state index in [1.54, 1.807) is 17.5 Å². The first kappa shape index (κ1) is 13.8. The van der Waals surface area contributed by atoms with Gasteiger partial charge in [-0.1, -0.05) is 0 Å². The minimum atomic E-state index is -0.164. The largest absolute Gasteiger partial charge is 0.469 e. The smallest absolute Gasteiger partial charge is 0.305 e. The number of esters is 1. The van der Waals surface area contributed by atoms with Crippen LogP contribution >= 0.6 is 11.3 Å². The standard InChI is InChI=1S/C15H15N3O2S/c1-20-14(19)6-2-5-12-10-21-15-17-13(9-18(12)15)11-4-3-7-16-8-11/h3-4,7-10H,2,5-6H2,1H3. The fourth-order valence-corrected chi connectivity index (χ4v) is 3.09. The average molecular weight is 301 g/mol. The van der Waals surface area contributed by atoms with Gasteiger partial charge in [0.25, 0.3) is 0 Å². The molecule has 0 unspecified atom stereocenters. The summed E-state index contributed by atoms with van der Waals surface area (Å²) in [6, 6.07) is 3.90. The number of rotatable bonds is 5. The number of imidazole rings is 1. The monoisotopic (exact) mass is 301 g/mol. The van der Waals surface area contributed by atoms with Crippen molar-refractivity contribution in [1.82, 2.24) is 14.4 Å². The molecule has 6 heteroatoms. The van der Waals surface area contributed by atoms with E-state index in [1.165, 1.54) is 12.8 Å². The van der Waals surface area contributed by atoms with Crippen LogP contribution in [0.25, 0.3) is 16.2 Å². The van der Waals surface area contributed by atoms with E-state index in [-0.39, 0.29) is 5.97 Å². The van der Waals surface area contributed by atoms with Crippen LogP contribution in [0.2, 0.25) is 0 Å². The van der Waals surface area contributed by atoms with E-state index >= 15 is 0 Å². The minimum absolute atomic E-state index is 0.164. The minimum Gasteiger partial charge on any atom is -0.469 e. The van der Waals surface area contributed by atoms with E-state index in [9.17, 15) is 4.79 Å². The Kier molecular flexibility index (Phi) is 3.96. The molecule has 3 aromatic heterocycles. The van der Waals surface area contributed by atoms with Crippen molar-refractivity contribution >= 4 is 22.3 Å². The lowest BCUT2D eigenvalue weighted by Crippen LogP contribution is -2.01. The Morgan fingerprint density at radius 1 is 1.48 bits per heavy atom. The zero-order chi connectivity index (χ0) is 14.7. The summed E-state index contributed by atoms with van der Waals surface area (Å²) in [5, 5.41) is 2.09. The molecule has 0 amide bonds. The summed E-state index contributed by atoms with van der Waals surface area (Å²) in [6.45, 7) is 0. The second kappa shape index (κ2) is 6.05. The molecule has 0 saturated carbocycles. The van der Waals surface area contributed by atoms with Crippen LogP contribution in [0.4, 0.5) is 0 Å². The molecule has 21 heavy (non-hydrogen) atoms. The van der Waals surface area contributed by atoms with Crippen molar-refractivity contribution in [3.8, 4) is 11.3 Å². The summed E-state index contributed by atoms with van der Waals surface area (Å²) in [6.07, 6.45) is 7.63. The topological polar surface area (TPSA) is 56.5 Å². The van der Waals surface area contributed by atoms with Crippen molar-refractivity contribution in [3.63, 3.8) is 0 Å². The molecular weight excluding hydrogens is 286 g/mol. The maximum atomic E-state index is 11.1. The van der Waals surface area contributed by atoms with Crippen LogP contribution in [0.1, 0.15) is 18.5 Å². The maximum absolute atomic E-state index is 11.1. The molecular formula is C15H15N3O2S. The number of ether oxygens (including phenoxy) is 1. The van der Waals surface area contributed by atoms with Gasteiger partial charge >= 0.3 is 5.97 Å². The maximum Gasteiger partial charge on any atom is 0.305 e. The van der Waals surface area contributed by atoms with Crippen molar-refractivity contribution in [2.75, 3.05) is 7.11 Å². The number of carbonyl (C=O) groups is 1. The van der Waals surface area contributed by atoms with Gasteiger partial charge < -0.3 is 4.74 Å². The van der Waals surface area contributed by atoms with Crippen LogP contribution in [0.5, 0.6) is 0 Å². The third-order valence-electron chi connectivity index (χ3n) is 3.28. The normalized spacial score (nSPS) is 10.9. The lowest BCUT2D eigenvalue weighted by molar-refractivity contribution is -0.140. The highest BCUT2D eigenvalue weighted by molar-refractivity contribution is 7.15. The molecule has 0 saturated heterocycles. The van der Waals surface area contributed by atoms with Crippen LogP contribution in [-0.4, -0.2) is 27.4 Å². The lowest BCUT2D eigenvalue weighted by atomic mass is 10.2. The fraction of sp³-hybridized carbons (Fsp3) is 0.267. The number of hydrogen-bond donors (Lipinski definition) is 0. The second-order valence-electron chi connectivity index (χ2n) is 4.68. The number of thiazole rings is 1. The van der Waals surface area contributed by atoms with Gasteiger partial charge in [-0.3, -0.25) is 14.2 Å². The van der Waals surface area contributed by atoms with Crippen LogP contribution < -0.4 is 0 Å². The molecule has 3 heterocycles. The zero-order valence-electron chi connectivity index (χ0n) is 11.7. The predicted octanol–water partition coefficient (Wildman–Crippen LogP) is 2.95. The van der Waals surface area contributed by atoms with Crippen LogP contribution in [0, 0.1) is 0 Å². The molecule has 5 nitrogen and oxygen atoms in total. The summed E-state index contributed by atoms with van der Waals surface area (Å²) >= 11 is 1.61. The number of aryl methyl sites for hydroxylation is 1. The number of pyridine rings is 1. The van der Waals surface area contributed by atoms with E-state index in [0.717, 1.165) is 29.1 Å². The fourth-order valence-electron chi connectivity index (χ4n) is 2.18. The number of hydrogen-bond acceptors (Lipinski definition) is 5. The third kappa shape index (κ3) is 2.95. The Hall–Kier alpha value is -2.21. The lowest BCUT2D eigenvalue weighted by Gasteiger charge is -1.99. The number of aromatic nitrogens is 3. The molecule has 0 aliphatic carbocycles. The zero-order valence-corrected chi connectivity index (χ0v) is 12.5. The van der Waals surface area contributed by atoms with E-state index in [1.807, 2.05) is 24.5 Å². The Morgan fingerprint density at radius 2 is 2.38 bits per heavy atom. The SMILES string of the molecule is COC(=O)CCCc1csc2nc(-c3cccnc3)cn12. The summed E-state index contributed by atoms with van der Waals surface area (Å²) in [4.78, 5) is 20.8. The first-order valence-corrected chi connectivity index (χ1v) is 7.58. The number of nitrogens with zero attached hydrogens (tertiary/aromatic N) is 3. The molecule has 0 bridgehead atoms. The predicted molar refractivity (Wildman–Crippen MR) is 81.3 cm³/mol. The summed E-state index contributed by atoms with van der Waals surface area (Å²) in [5.74, 6) is -0.164. The molecule has 0 aromatic carbocycles. The quantitative estimate of drug-likeness (QED) is 0.680. The molecule has 0 aliphatic heterocycles. The Labute approximate surface area is 126 Å². The Morgan fingerprint density at radius 3 is 3.14 bits per heavy atom. The average Bonchev–Trinajstić information content (AvgIpc) is 3.09. The van der Waals surface area contributed by atoms with Gasteiger partial charge in [-0.2, -0.15) is 0 Å². The molecule has 0 radical (unpaired) electrons. The number of fused-ring (bicyclic) bond motifs is 1. The van der Waals surface area contributed by atoms with Gasteiger partial charge in [0.05, 0.1) is 12.8 Å². The van der Waals surface area contributed by atoms with Gasteiger partial charge in [-0.05, 0) is 25.0 Å². The van der Waals surface area contributed by atoms with Crippen molar-refractivity contribution in [2.24, 2.45) is 0 Å². The third-order valence-corrected chi connectivity index (χ3v) is 4.17. The van der Waals surface area contributed by atoms with Crippen LogP contribution in [0.3, 0.4) is 0 Å². The van der Waals surface area contributed by atoms with E-state index in [0.29, 0.717) is 6.42 Å². The molecule has 0 atom stereocenters. The number of carbonyl (C=O) groups excluding carboxylic acids is 1. The number of methoxy groups -OCH3 is 1. The summed E-state index contributed by atoms with van der Waals surface area (Å²) in [7, 11) is 1.42. The van der Waals surface area contributed by atoms with Crippen molar-refractivity contribution < 1.29 is 9.53 Å². The Balaban J connectivity index is 1.79. The van der Waals surface area contributed by atoms with E-state index < -0.39 is 0 Å². The second-order valence-corrected chi connectivity index (χ2v) is 5.51. The van der Waals surface area contributed by atoms with Gasteiger partial charge in [0.2, 0.25) is 0 Å². The van der Waals surface area contributed by atoms with Gasteiger partial charge in [-0.25, -0.2) is 4.98 Å². The summed E-state index contributed by atoms with van der Waals surface area (Å²) in [5.41, 5.74) is 3.10. The van der Waals surface area contributed by atoms with Gasteiger partial charge in [0.1, 0.15) is 0 Å². The summed E-state index contributed by atoms with van der Waals surface area (Å²) < 4.78 is 6.74. The van der Waals surface area contributed by atoms with Gasteiger partial charge in [-0.15, -0.1) is 11.3 Å². The van der Waals surface area contributed by atoms with Crippen molar-refractivity contribution in [2.45, 2.75) is 19.3 Å². The van der Waals surface area contributed by atoms with Crippen molar-refractivity contribution in [1.29, 1.82) is 0 Å². The first-order valence-electron chi connectivity index (χ1n) is 6.70. The highest BCUT2D eigenvalue weighted by atomic mass is 32.1. The molecule has 0 fully saturated rings. The molecule has 3 aromatic rings. The molecule has 0 spiro atoms.